The molecule has 5 rings (SSSR count). The van der Waals surface area contributed by atoms with E-state index < -0.39 is 0 Å². The summed E-state index contributed by atoms with van der Waals surface area (Å²) >= 11 is 0. The highest BCUT2D eigenvalue weighted by molar-refractivity contribution is 5.94. The number of benzene rings is 1. The fourth-order valence-corrected chi connectivity index (χ4v) is 3.51. The van der Waals surface area contributed by atoms with Crippen molar-refractivity contribution in [1.82, 2.24) is 34.8 Å². The summed E-state index contributed by atoms with van der Waals surface area (Å²) < 4.78 is 1.70. The second-order valence-electron chi connectivity index (χ2n) is 7.17. The summed E-state index contributed by atoms with van der Waals surface area (Å²) in [6, 6.07) is 13.3. The van der Waals surface area contributed by atoms with Crippen molar-refractivity contribution in [3.05, 3.63) is 66.2 Å². The van der Waals surface area contributed by atoms with Gasteiger partial charge in [-0.1, -0.05) is 12.1 Å². The number of fused-ring (bicyclic) bond motifs is 1. The molecular formula is C21H20N8O. The second kappa shape index (κ2) is 7.51. The molecule has 0 saturated carbocycles. The minimum atomic E-state index is -0.0941. The van der Waals surface area contributed by atoms with Crippen molar-refractivity contribution in [2.24, 2.45) is 0 Å². The third kappa shape index (κ3) is 3.45. The first-order valence-corrected chi connectivity index (χ1v) is 9.80. The van der Waals surface area contributed by atoms with E-state index in [0.717, 1.165) is 22.5 Å². The maximum absolute atomic E-state index is 12.9. The van der Waals surface area contributed by atoms with Crippen LogP contribution in [0.1, 0.15) is 16.2 Å². The van der Waals surface area contributed by atoms with Crippen molar-refractivity contribution < 1.29 is 4.79 Å². The van der Waals surface area contributed by atoms with Gasteiger partial charge in [-0.3, -0.25) is 9.78 Å². The molecule has 9 nitrogen and oxygen atoms in total. The number of aromatic nitrogens is 6. The largest absolute Gasteiger partial charge is 0.352 e. The number of piperazine rings is 1. The third-order valence-electron chi connectivity index (χ3n) is 5.15. The summed E-state index contributed by atoms with van der Waals surface area (Å²) in [5.74, 6) is 1.37. The molecule has 1 saturated heterocycles. The fraction of sp³-hybridized carbons (Fsp3) is 0.238. The van der Waals surface area contributed by atoms with Crippen molar-refractivity contribution in [2.75, 3.05) is 31.1 Å². The highest BCUT2D eigenvalue weighted by Gasteiger charge is 2.24. The van der Waals surface area contributed by atoms with Crippen molar-refractivity contribution in [3.8, 4) is 5.82 Å². The number of anilines is 1. The van der Waals surface area contributed by atoms with Crippen LogP contribution in [0, 0.1) is 6.92 Å². The number of aryl methyl sites for hydroxylation is 1. The number of rotatable bonds is 3. The van der Waals surface area contributed by atoms with Gasteiger partial charge in [-0.05, 0) is 37.3 Å². The van der Waals surface area contributed by atoms with Crippen molar-refractivity contribution >= 4 is 22.8 Å². The van der Waals surface area contributed by atoms with E-state index in [4.69, 9.17) is 0 Å². The average Bonchev–Trinajstić information content (AvgIpc) is 3.25. The SMILES string of the molecule is Cc1ccn(-c2ccc(N3CCN(C(=O)c4cnc5ccccc5n4)CC3)nn2)n1. The standard InChI is InChI=1S/C21H20N8O/c1-15-8-9-29(26-15)20-7-6-19(24-25-20)27-10-12-28(13-11-27)21(30)18-14-22-16-4-2-3-5-17(16)23-18/h2-9,14H,10-13H2,1H3. The number of para-hydroxylation sites is 2. The van der Waals surface area contributed by atoms with Crippen LogP contribution in [0.25, 0.3) is 16.9 Å². The molecule has 1 aromatic carbocycles. The minimum Gasteiger partial charge on any atom is -0.352 e. The Hall–Kier alpha value is -3.88. The van der Waals surface area contributed by atoms with Gasteiger partial charge in [0.1, 0.15) is 5.69 Å². The van der Waals surface area contributed by atoms with Crippen LogP contribution in [0.4, 0.5) is 5.82 Å². The van der Waals surface area contributed by atoms with Crippen molar-refractivity contribution in [3.63, 3.8) is 0 Å². The quantitative estimate of drug-likeness (QED) is 0.518. The second-order valence-corrected chi connectivity index (χ2v) is 7.17. The maximum Gasteiger partial charge on any atom is 0.274 e. The van der Waals surface area contributed by atoms with Crippen LogP contribution in [-0.2, 0) is 0 Å². The van der Waals surface area contributed by atoms with Crippen molar-refractivity contribution in [2.45, 2.75) is 6.92 Å². The number of hydrogen-bond acceptors (Lipinski definition) is 7. The third-order valence-corrected chi connectivity index (χ3v) is 5.15. The number of hydrogen-bond donors (Lipinski definition) is 0. The van der Waals surface area contributed by atoms with Crippen LogP contribution in [-0.4, -0.2) is 66.9 Å². The lowest BCUT2D eigenvalue weighted by Gasteiger charge is -2.35. The Bertz CT molecular complexity index is 1200. The smallest absolute Gasteiger partial charge is 0.274 e. The summed E-state index contributed by atoms with van der Waals surface area (Å²) in [6.45, 7) is 4.48. The zero-order valence-corrected chi connectivity index (χ0v) is 16.5. The van der Waals surface area contributed by atoms with E-state index in [1.165, 1.54) is 0 Å². The molecule has 0 aliphatic carbocycles. The van der Waals surface area contributed by atoms with E-state index in [2.05, 4.69) is 30.2 Å². The monoisotopic (exact) mass is 400 g/mol. The van der Waals surface area contributed by atoms with E-state index in [9.17, 15) is 4.79 Å². The number of carbonyl (C=O) groups excluding carboxylic acids is 1. The summed E-state index contributed by atoms with van der Waals surface area (Å²) in [5, 5.41) is 13.0. The summed E-state index contributed by atoms with van der Waals surface area (Å²) in [5.41, 5.74) is 2.81. The van der Waals surface area contributed by atoms with Crippen LogP contribution < -0.4 is 4.90 Å². The average molecular weight is 400 g/mol. The van der Waals surface area contributed by atoms with E-state index >= 15 is 0 Å². The Morgan fingerprint density at radius 1 is 0.900 bits per heavy atom. The van der Waals surface area contributed by atoms with Crippen molar-refractivity contribution in [1.29, 1.82) is 0 Å². The molecule has 0 radical (unpaired) electrons. The Morgan fingerprint density at radius 2 is 1.63 bits per heavy atom. The van der Waals surface area contributed by atoms with Crippen LogP contribution in [0.2, 0.25) is 0 Å². The van der Waals surface area contributed by atoms with Crippen LogP contribution in [0.3, 0.4) is 0 Å². The molecule has 1 aliphatic heterocycles. The molecule has 1 aliphatic rings. The van der Waals surface area contributed by atoms with Crippen LogP contribution in [0.15, 0.2) is 54.9 Å². The lowest BCUT2D eigenvalue weighted by molar-refractivity contribution is 0.0740. The Labute approximate surface area is 173 Å². The normalized spacial score (nSPS) is 14.3. The molecule has 30 heavy (non-hydrogen) atoms. The highest BCUT2D eigenvalue weighted by atomic mass is 16.2. The predicted molar refractivity (Wildman–Crippen MR) is 112 cm³/mol. The first-order valence-electron chi connectivity index (χ1n) is 9.80. The predicted octanol–water partition coefficient (Wildman–Crippen LogP) is 1.88. The summed E-state index contributed by atoms with van der Waals surface area (Å²) in [7, 11) is 0. The summed E-state index contributed by atoms with van der Waals surface area (Å²) in [6.07, 6.45) is 3.41. The lowest BCUT2D eigenvalue weighted by atomic mass is 10.2. The molecule has 1 fully saturated rings. The van der Waals surface area contributed by atoms with E-state index in [1.807, 2.05) is 60.5 Å². The minimum absolute atomic E-state index is 0.0941. The molecule has 0 bridgehead atoms. The molecule has 0 unspecified atom stereocenters. The van der Waals surface area contributed by atoms with Gasteiger partial charge in [-0.2, -0.15) is 5.10 Å². The molecular weight excluding hydrogens is 380 g/mol. The molecule has 150 valence electrons. The van der Waals surface area contributed by atoms with Gasteiger partial charge in [0.05, 0.1) is 22.9 Å². The van der Waals surface area contributed by atoms with Gasteiger partial charge >= 0.3 is 0 Å². The van der Waals surface area contributed by atoms with Crippen LogP contribution in [0.5, 0.6) is 0 Å². The first kappa shape index (κ1) is 18.2. The molecule has 1 amide bonds. The van der Waals surface area contributed by atoms with Crippen LogP contribution >= 0.6 is 0 Å². The zero-order chi connectivity index (χ0) is 20.5. The Morgan fingerprint density at radius 3 is 2.33 bits per heavy atom. The van der Waals surface area contributed by atoms with Gasteiger partial charge in [0, 0.05) is 32.4 Å². The molecule has 4 heterocycles. The van der Waals surface area contributed by atoms with Gasteiger partial charge in [0.25, 0.3) is 5.91 Å². The van der Waals surface area contributed by atoms with Gasteiger partial charge in [0.2, 0.25) is 0 Å². The number of carbonyl (C=O) groups is 1. The number of amides is 1. The van der Waals surface area contributed by atoms with Gasteiger partial charge < -0.3 is 9.80 Å². The summed E-state index contributed by atoms with van der Waals surface area (Å²) in [4.78, 5) is 25.6. The molecule has 4 aromatic rings. The van der Waals surface area contributed by atoms with E-state index in [0.29, 0.717) is 37.7 Å². The molecule has 9 heteroatoms. The number of nitrogens with zero attached hydrogens (tertiary/aromatic N) is 8. The highest BCUT2D eigenvalue weighted by Crippen LogP contribution is 2.16. The van der Waals surface area contributed by atoms with Gasteiger partial charge in [0.15, 0.2) is 11.6 Å². The lowest BCUT2D eigenvalue weighted by Crippen LogP contribution is -2.49. The topological polar surface area (TPSA) is 92.9 Å². The molecule has 0 spiro atoms. The Balaban J connectivity index is 1.25. The maximum atomic E-state index is 12.9. The molecule has 3 aromatic heterocycles. The first-order chi connectivity index (χ1) is 14.7. The molecule has 0 N–H and O–H groups in total. The van der Waals surface area contributed by atoms with Gasteiger partial charge in [-0.25, -0.2) is 9.67 Å². The van der Waals surface area contributed by atoms with E-state index in [-0.39, 0.29) is 5.91 Å². The zero-order valence-electron chi connectivity index (χ0n) is 16.5. The van der Waals surface area contributed by atoms with E-state index in [1.54, 1.807) is 10.9 Å². The van der Waals surface area contributed by atoms with Gasteiger partial charge in [-0.15, -0.1) is 10.2 Å². The Kier molecular flexibility index (Phi) is 4.55. The fourth-order valence-electron chi connectivity index (χ4n) is 3.51. The molecule has 0 atom stereocenters.